The van der Waals surface area contributed by atoms with Crippen LogP contribution in [0.1, 0.15) is 0 Å². The molecule has 0 unspecified atom stereocenters. The molecule has 0 aliphatic carbocycles. The fraction of sp³-hybridized carbons (Fsp3) is 0.875. The van der Waals surface area contributed by atoms with E-state index in [1.54, 1.807) is 0 Å². The number of hydrogen-bond donors (Lipinski definition) is 5. The lowest BCUT2D eigenvalue weighted by molar-refractivity contribution is -0.143. The average Bonchev–Trinajstić information content (AvgIpc) is 2.25. The third-order valence-corrected chi connectivity index (χ3v) is 2.54. The van der Waals surface area contributed by atoms with Crippen molar-refractivity contribution < 1.29 is 24.5 Å². The monoisotopic (exact) mass is 222 g/mol. The molecule has 0 aromatic carbocycles. The van der Waals surface area contributed by atoms with Crippen molar-refractivity contribution in [2.75, 3.05) is 13.7 Å². The van der Waals surface area contributed by atoms with E-state index in [4.69, 9.17) is 0 Å². The number of carbonyl (C=O) groups is 1. The Morgan fingerprint density at radius 3 is 2.40 bits per heavy atom. The van der Waals surface area contributed by atoms with Crippen LogP contribution in [0.4, 0.5) is 4.39 Å². The van der Waals surface area contributed by atoms with Gasteiger partial charge in [-0.05, 0) is 0 Å². The third-order valence-electron chi connectivity index (χ3n) is 2.54. The number of carbonyl (C=O) groups excluding carboxylic acids is 1. The third kappa shape index (κ3) is 2.25. The summed E-state index contributed by atoms with van der Waals surface area (Å²) in [5, 5.41) is 32.9. The molecule has 1 rings (SSSR count). The summed E-state index contributed by atoms with van der Waals surface area (Å²) < 4.78 is 12.4. The molecular formula is C8H15FN2O4. The number of piperidine rings is 1. The molecule has 1 fully saturated rings. The lowest BCUT2D eigenvalue weighted by Gasteiger charge is -2.39. The predicted molar refractivity (Wildman–Crippen MR) is 48.8 cm³/mol. The molecule has 1 heterocycles. The fourth-order valence-electron chi connectivity index (χ4n) is 1.59. The first kappa shape index (κ1) is 12.3. The van der Waals surface area contributed by atoms with E-state index < -0.39 is 43.0 Å². The van der Waals surface area contributed by atoms with Crippen LogP contribution in [0, 0.1) is 0 Å². The van der Waals surface area contributed by atoms with E-state index in [9.17, 15) is 24.5 Å². The summed E-state index contributed by atoms with van der Waals surface area (Å²) >= 11 is 0. The molecule has 5 N–H and O–H groups in total. The standard InChI is InChI=1S/C8H15FN2O4/c1-10-8(15)4-6(13)7(14)5(12)3(2-9)11-4/h3-7,11-14H,2H2,1H3,(H,10,15)/t3-,4+,5-,6-,7+/m1/s1. The first-order valence-electron chi connectivity index (χ1n) is 4.60. The molecule has 0 spiro atoms. The van der Waals surface area contributed by atoms with Crippen LogP contribution >= 0.6 is 0 Å². The van der Waals surface area contributed by atoms with Gasteiger partial charge in [0.1, 0.15) is 31.0 Å². The Morgan fingerprint density at radius 1 is 1.33 bits per heavy atom. The molecule has 1 amide bonds. The first-order chi connectivity index (χ1) is 7.02. The first-order valence-corrected chi connectivity index (χ1v) is 4.60. The Morgan fingerprint density at radius 2 is 1.93 bits per heavy atom. The smallest absolute Gasteiger partial charge is 0.239 e. The summed E-state index contributed by atoms with van der Waals surface area (Å²) in [6.07, 6.45) is -4.41. The van der Waals surface area contributed by atoms with Gasteiger partial charge in [-0.25, -0.2) is 4.39 Å². The van der Waals surface area contributed by atoms with Crippen molar-refractivity contribution in [3.63, 3.8) is 0 Å². The molecule has 5 atom stereocenters. The van der Waals surface area contributed by atoms with Gasteiger partial charge >= 0.3 is 0 Å². The number of likely N-dealkylation sites (N-methyl/N-ethyl adjacent to an activating group) is 1. The van der Waals surface area contributed by atoms with Crippen molar-refractivity contribution in [3.05, 3.63) is 0 Å². The number of amides is 1. The number of nitrogens with one attached hydrogen (secondary N) is 2. The molecule has 15 heavy (non-hydrogen) atoms. The van der Waals surface area contributed by atoms with E-state index in [2.05, 4.69) is 10.6 Å². The Labute approximate surface area is 86.1 Å². The molecule has 0 saturated carbocycles. The van der Waals surface area contributed by atoms with Crippen LogP contribution < -0.4 is 10.6 Å². The summed E-state index contributed by atoms with van der Waals surface area (Å²) in [4.78, 5) is 11.2. The summed E-state index contributed by atoms with van der Waals surface area (Å²) in [7, 11) is 1.36. The van der Waals surface area contributed by atoms with Gasteiger partial charge in [0.15, 0.2) is 0 Å². The molecule has 7 heteroatoms. The highest BCUT2D eigenvalue weighted by Gasteiger charge is 2.44. The number of rotatable bonds is 2. The summed E-state index contributed by atoms with van der Waals surface area (Å²) in [6.45, 7) is -0.932. The maximum atomic E-state index is 12.4. The van der Waals surface area contributed by atoms with Gasteiger partial charge in [-0.15, -0.1) is 0 Å². The lowest BCUT2D eigenvalue weighted by Crippen LogP contribution is -2.68. The summed E-state index contributed by atoms with van der Waals surface area (Å²) in [6, 6.07) is -2.17. The topological polar surface area (TPSA) is 102 Å². The largest absolute Gasteiger partial charge is 0.389 e. The van der Waals surface area contributed by atoms with E-state index in [0.29, 0.717) is 0 Å². The van der Waals surface area contributed by atoms with Crippen molar-refractivity contribution >= 4 is 5.91 Å². The van der Waals surface area contributed by atoms with Crippen LogP contribution in [0.3, 0.4) is 0 Å². The van der Waals surface area contributed by atoms with Crippen molar-refractivity contribution in [1.29, 1.82) is 0 Å². The minimum Gasteiger partial charge on any atom is -0.389 e. The highest BCUT2D eigenvalue weighted by Crippen LogP contribution is 2.16. The SMILES string of the molecule is CNC(=O)[C@H]1N[C@H](CF)[C@@H](O)[C@H](O)[C@@H]1O. The van der Waals surface area contributed by atoms with Crippen molar-refractivity contribution in [2.24, 2.45) is 0 Å². The molecule has 0 bridgehead atoms. The van der Waals surface area contributed by atoms with Crippen molar-refractivity contribution in [2.45, 2.75) is 30.4 Å². The van der Waals surface area contributed by atoms with Crippen LogP contribution in [0.15, 0.2) is 0 Å². The Kier molecular flexibility index (Phi) is 3.97. The average molecular weight is 222 g/mol. The second kappa shape index (κ2) is 4.84. The lowest BCUT2D eigenvalue weighted by atomic mass is 9.90. The number of alkyl halides is 1. The maximum Gasteiger partial charge on any atom is 0.239 e. The van der Waals surface area contributed by atoms with Crippen molar-refractivity contribution in [3.8, 4) is 0 Å². The van der Waals surface area contributed by atoms with Gasteiger partial charge in [-0.3, -0.25) is 10.1 Å². The Balaban J connectivity index is 2.78. The van der Waals surface area contributed by atoms with Crippen molar-refractivity contribution in [1.82, 2.24) is 10.6 Å². The minimum atomic E-state index is -1.53. The highest BCUT2D eigenvalue weighted by atomic mass is 19.1. The number of aliphatic hydroxyl groups excluding tert-OH is 3. The number of hydrogen-bond acceptors (Lipinski definition) is 5. The molecule has 88 valence electrons. The van der Waals surface area contributed by atoms with Crippen LogP contribution in [0.2, 0.25) is 0 Å². The minimum absolute atomic E-state index is 0.563. The number of aliphatic hydroxyl groups is 3. The van der Waals surface area contributed by atoms with E-state index in [0.717, 1.165) is 0 Å². The fourth-order valence-corrected chi connectivity index (χ4v) is 1.59. The molecule has 0 aromatic rings. The van der Waals surface area contributed by atoms with E-state index in [-0.39, 0.29) is 0 Å². The molecular weight excluding hydrogens is 207 g/mol. The summed E-state index contributed by atoms with van der Waals surface area (Å²) in [5.41, 5.74) is 0. The van der Waals surface area contributed by atoms with Crippen LogP contribution in [0.5, 0.6) is 0 Å². The second-order valence-electron chi connectivity index (χ2n) is 3.49. The molecule has 0 aromatic heterocycles. The highest BCUT2D eigenvalue weighted by molar-refractivity contribution is 5.82. The second-order valence-corrected chi connectivity index (χ2v) is 3.49. The zero-order valence-corrected chi connectivity index (χ0v) is 8.22. The quantitative estimate of drug-likeness (QED) is 0.345. The van der Waals surface area contributed by atoms with Crippen LogP contribution in [-0.2, 0) is 4.79 Å². The maximum absolute atomic E-state index is 12.4. The molecule has 1 aliphatic heterocycles. The zero-order chi connectivity index (χ0) is 11.6. The van der Waals surface area contributed by atoms with Gasteiger partial charge in [0, 0.05) is 7.05 Å². The van der Waals surface area contributed by atoms with E-state index >= 15 is 0 Å². The van der Waals surface area contributed by atoms with E-state index in [1.807, 2.05) is 0 Å². The van der Waals surface area contributed by atoms with Crippen LogP contribution in [-0.4, -0.2) is 65.3 Å². The van der Waals surface area contributed by atoms with Crippen LogP contribution in [0.25, 0.3) is 0 Å². The van der Waals surface area contributed by atoms with Gasteiger partial charge < -0.3 is 20.6 Å². The summed E-state index contributed by atoms with van der Waals surface area (Å²) in [5.74, 6) is -0.563. The Bertz CT molecular complexity index is 239. The Hall–Kier alpha value is -0.760. The molecule has 1 aliphatic rings. The van der Waals surface area contributed by atoms with Gasteiger partial charge in [0.25, 0.3) is 0 Å². The zero-order valence-electron chi connectivity index (χ0n) is 8.22. The molecule has 0 radical (unpaired) electrons. The molecule has 1 saturated heterocycles. The number of halogens is 1. The van der Waals surface area contributed by atoms with Gasteiger partial charge in [-0.1, -0.05) is 0 Å². The van der Waals surface area contributed by atoms with Gasteiger partial charge in [0.05, 0.1) is 6.04 Å². The van der Waals surface area contributed by atoms with Gasteiger partial charge in [0.2, 0.25) is 5.91 Å². The van der Waals surface area contributed by atoms with E-state index in [1.165, 1.54) is 7.05 Å². The normalized spacial score (nSPS) is 41.3. The molecule has 6 nitrogen and oxygen atoms in total. The van der Waals surface area contributed by atoms with Gasteiger partial charge in [-0.2, -0.15) is 0 Å². The predicted octanol–water partition coefficient (Wildman–Crippen LogP) is -2.87.